The maximum Gasteiger partial charge on any atom is 0.272 e. The Bertz CT molecular complexity index is 1130. The molecule has 132 valence electrons. The average molecular weight is 383 g/mol. The normalized spacial score (nSPS) is 11.3. The topological polar surface area (TPSA) is 57.0 Å². The summed E-state index contributed by atoms with van der Waals surface area (Å²) in [6.07, 6.45) is 1.75. The first-order chi connectivity index (χ1) is 12.7. The Morgan fingerprint density at radius 2 is 2.04 bits per heavy atom. The molecule has 0 unspecified atom stereocenters. The summed E-state index contributed by atoms with van der Waals surface area (Å²) in [5, 5.41) is 1.68. The molecule has 0 N–H and O–H groups in total. The molecule has 0 aliphatic rings. The molecular weight excluding hydrogens is 366 g/mol. The van der Waals surface area contributed by atoms with E-state index in [4.69, 9.17) is 9.72 Å². The van der Waals surface area contributed by atoms with E-state index in [1.165, 1.54) is 11.3 Å². The minimum atomic E-state index is -0.00947. The fourth-order valence-electron chi connectivity index (χ4n) is 2.83. The van der Waals surface area contributed by atoms with E-state index in [0.717, 1.165) is 38.0 Å². The van der Waals surface area contributed by atoms with Crippen molar-refractivity contribution in [3.05, 3.63) is 58.5 Å². The van der Waals surface area contributed by atoms with Crippen molar-refractivity contribution >= 4 is 43.5 Å². The number of rotatable bonds is 5. The number of hydrogen-bond donors (Lipinski definition) is 0. The lowest BCUT2D eigenvalue weighted by Gasteiger charge is -2.12. The van der Waals surface area contributed by atoms with Crippen LogP contribution in [0.1, 0.15) is 12.5 Å². The number of nitrogens with zero attached hydrogens (tertiary/aromatic N) is 3. The Kier molecular flexibility index (Phi) is 4.65. The summed E-state index contributed by atoms with van der Waals surface area (Å²) in [4.78, 5) is 23.2. The first-order valence-corrected chi connectivity index (χ1v) is 10.0. The van der Waals surface area contributed by atoms with Gasteiger partial charge >= 0.3 is 0 Å². The van der Waals surface area contributed by atoms with Gasteiger partial charge in [0.05, 0.1) is 19.2 Å². The van der Waals surface area contributed by atoms with Crippen LogP contribution >= 0.6 is 23.1 Å². The number of fused-ring (bicyclic) bond motifs is 3. The van der Waals surface area contributed by atoms with Crippen LogP contribution < -0.4 is 10.3 Å². The molecule has 5 nitrogen and oxygen atoms in total. The SMILES string of the molecule is CCSc1nc2c(sc3ncccc32)c(=O)n1Cc1ccc(OC)cc1. The number of methoxy groups -OCH3 is 1. The molecule has 3 heterocycles. The second-order valence-electron chi connectivity index (χ2n) is 5.70. The number of aromatic nitrogens is 3. The molecule has 0 saturated heterocycles. The minimum Gasteiger partial charge on any atom is -0.497 e. The number of pyridine rings is 1. The van der Waals surface area contributed by atoms with Crippen molar-refractivity contribution < 1.29 is 4.74 Å². The summed E-state index contributed by atoms with van der Waals surface area (Å²) in [5.41, 5.74) is 1.78. The van der Waals surface area contributed by atoms with Crippen molar-refractivity contribution in [1.29, 1.82) is 0 Å². The van der Waals surface area contributed by atoms with Gasteiger partial charge in [0, 0.05) is 11.6 Å². The second kappa shape index (κ2) is 7.09. The predicted octanol–water partition coefficient (Wildman–Crippen LogP) is 4.18. The van der Waals surface area contributed by atoms with Gasteiger partial charge in [-0.05, 0) is 35.6 Å². The monoisotopic (exact) mass is 383 g/mol. The molecule has 1 aromatic carbocycles. The number of hydrogen-bond acceptors (Lipinski definition) is 6. The number of ether oxygens (including phenoxy) is 1. The van der Waals surface area contributed by atoms with Crippen LogP contribution in [-0.2, 0) is 6.54 Å². The van der Waals surface area contributed by atoms with Gasteiger partial charge in [-0.2, -0.15) is 0 Å². The third-order valence-electron chi connectivity index (χ3n) is 4.09. The van der Waals surface area contributed by atoms with Gasteiger partial charge in [0.1, 0.15) is 15.3 Å². The van der Waals surface area contributed by atoms with Gasteiger partial charge in [-0.1, -0.05) is 30.8 Å². The molecule has 0 bridgehead atoms. The van der Waals surface area contributed by atoms with Crippen LogP contribution in [0.15, 0.2) is 52.5 Å². The first-order valence-electron chi connectivity index (χ1n) is 8.25. The van der Waals surface area contributed by atoms with Crippen molar-refractivity contribution in [3.8, 4) is 5.75 Å². The Morgan fingerprint density at radius 3 is 2.77 bits per heavy atom. The van der Waals surface area contributed by atoms with E-state index >= 15 is 0 Å². The maximum atomic E-state index is 13.2. The molecule has 7 heteroatoms. The lowest BCUT2D eigenvalue weighted by Crippen LogP contribution is -2.23. The number of thiophene rings is 1. The first kappa shape index (κ1) is 17.1. The van der Waals surface area contributed by atoms with Crippen molar-refractivity contribution in [3.63, 3.8) is 0 Å². The highest BCUT2D eigenvalue weighted by atomic mass is 32.2. The summed E-state index contributed by atoms with van der Waals surface area (Å²) in [7, 11) is 1.64. The highest BCUT2D eigenvalue weighted by Crippen LogP contribution is 2.30. The zero-order valence-electron chi connectivity index (χ0n) is 14.4. The smallest absolute Gasteiger partial charge is 0.272 e. The predicted molar refractivity (Wildman–Crippen MR) is 108 cm³/mol. The summed E-state index contributed by atoms with van der Waals surface area (Å²) in [6, 6.07) is 11.6. The van der Waals surface area contributed by atoms with Crippen LogP contribution in [-0.4, -0.2) is 27.4 Å². The quantitative estimate of drug-likeness (QED) is 0.382. The van der Waals surface area contributed by atoms with E-state index in [0.29, 0.717) is 11.2 Å². The van der Waals surface area contributed by atoms with Crippen molar-refractivity contribution in [2.24, 2.45) is 0 Å². The van der Waals surface area contributed by atoms with Gasteiger partial charge in [0.2, 0.25) is 0 Å². The molecule has 0 saturated carbocycles. The molecule has 4 rings (SSSR count). The molecule has 3 aromatic heterocycles. The van der Waals surface area contributed by atoms with E-state index in [-0.39, 0.29) is 5.56 Å². The molecule has 0 amide bonds. The van der Waals surface area contributed by atoms with E-state index in [1.54, 1.807) is 29.6 Å². The minimum absolute atomic E-state index is 0.00947. The van der Waals surface area contributed by atoms with Crippen LogP contribution in [0.25, 0.3) is 20.4 Å². The Balaban J connectivity index is 1.88. The van der Waals surface area contributed by atoms with Crippen LogP contribution in [0, 0.1) is 0 Å². The molecule has 0 spiro atoms. The maximum absolute atomic E-state index is 13.2. The third-order valence-corrected chi connectivity index (χ3v) is 6.04. The van der Waals surface area contributed by atoms with E-state index in [2.05, 4.69) is 11.9 Å². The summed E-state index contributed by atoms with van der Waals surface area (Å²) in [6.45, 7) is 2.54. The molecule has 26 heavy (non-hydrogen) atoms. The molecule has 0 aliphatic heterocycles. The van der Waals surface area contributed by atoms with Gasteiger partial charge in [-0.3, -0.25) is 9.36 Å². The van der Waals surface area contributed by atoms with Gasteiger partial charge in [0.15, 0.2) is 5.16 Å². The Morgan fingerprint density at radius 1 is 1.23 bits per heavy atom. The number of benzene rings is 1. The van der Waals surface area contributed by atoms with E-state index in [1.807, 2.05) is 36.4 Å². The zero-order valence-corrected chi connectivity index (χ0v) is 16.1. The summed E-state index contributed by atoms with van der Waals surface area (Å²) < 4.78 is 7.62. The zero-order chi connectivity index (χ0) is 18.1. The van der Waals surface area contributed by atoms with E-state index < -0.39 is 0 Å². The van der Waals surface area contributed by atoms with Gasteiger partial charge in [-0.25, -0.2) is 9.97 Å². The third kappa shape index (κ3) is 2.97. The lowest BCUT2D eigenvalue weighted by atomic mass is 10.2. The van der Waals surface area contributed by atoms with E-state index in [9.17, 15) is 4.79 Å². The van der Waals surface area contributed by atoms with Crippen LogP contribution in [0.5, 0.6) is 5.75 Å². The fraction of sp³-hybridized carbons (Fsp3) is 0.211. The standard InChI is InChI=1S/C19H17N3O2S2/c1-3-25-19-21-15-14-5-4-10-20-17(14)26-16(15)18(23)22(19)11-12-6-8-13(24-2)9-7-12/h4-10H,3,11H2,1-2H3. The lowest BCUT2D eigenvalue weighted by molar-refractivity contribution is 0.414. The molecule has 0 fully saturated rings. The highest BCUT2D eigenvalue weighted by Gasteiger charge is 2.16. The highest BCUT2D eigenvalue weighted by molar-refractivity contribution is 7.99. The molecule has 0 aliphatic carbocycles. The van der Waals surface area contributed by atoms with Crippen LogP contribution in [0.4, 0.5) is 0 Å². The van der Waals surface area contributed by atoms with Gasteiger partial charge < -0.3 is 4.74 Å². The van der Waals surface area contributed by atoms with Gasteiger partial charge in [-0.15, -0.1) is 11.3 Å². The number of thioether (sulfide) groups is 1. The molecule has 0 atom stereocenters. The van der Waals surface area contributed by atoms with Crippen molar-refractivity contribution in [1.82, 2.24) is 14.5 Å². The fourth-order valence-corrected chi connectivity index (χ4v) is 4.58. The second-order valence-corrected chi connectivity index (χ2v) is 7.93. The Hall–Kier alpha value is -2.38. The molecule has 4 aromatic rings. The summed E-state index contributed by atoms with van der Waals surface area (Å²) >= 11 is 2.99. The largest absolute Gasteiger partial charge is 0.497 e. The van der Waals surface area contributed by atoms with Crippen molar-refractivity contribution in [2.45, 2.75) is 18.6 Å². The van der Waals surface area contributed by atoms with Crippen LogP contribution in [0.2, 0.25) is 0 Å². The van der Waals surface area contributed by atoms with Crippen molar-refractivity contribution in [2.75, 3.05) is 12.9 Å². The molecular formula is C19H17N3O2S2. The van der Waals surface area contributed by atoms with Crippen LogP contribution in [0.3, 0.4) is 0 Å². The Labute approximate surface area is 158 Å². The van der Waals surface area contributed by atoms with Gasteiger partial charge in [0.25, 0.3) is 5.56 Å². The average Bonchev–Trinajstić information content (AvgIpc) is 3.04. The summed E-state index contributed by atoms with van der Waals surface area (Å²) in [5.74, 6) is 1.65. The molecule has 0 radical (unpaired) electrons.